The summed E-state index contributed by atoms with van der Waals surface area (Å²) in [6.07, 6.45) is 1.95. The third-order valence-corrected chi connectivity index (χ3v) is 9.74. The van der Waals surface area contributed by atoms with Crippen molar-refractivity contribution in [3.05, 3.63) is 54.1 Å². The fourth-order valence-corrected chi connectivity index (χ4v) is 7.05. The van der Waals surface area contributed by atoms with Crippen molar-refractivity contribution in [1.29, 1.82) is 0 Å². The summed E-state index contributed by atoms with van der Waals surface area (Å²) in [5, 5.41) is 0.0226. The Labute approximate surface area is 212 Å². The highest BCUT2D eigenvalue weighted by molar-refractivity contribution is 8.00. The first-order valence-corrected chi connectivity index (χ1v) is 14.4. The SMILES string of the molecule is CC1CCN(S(=O)(=O)c2ccc3c(c2)N(CC(=O)N(C)Cc2ccccc2)C(=O)C[C@H](C)S3)CC1. The normalized spacial score (nSPS) is 19.8. The molecule has 35 heavy (non-hydrogen) atoms. The number of piperidine rings is 1. The van der Waals surface area contributed by atoms with Gasteiger partial charge in [0.15, 0.2) is 0 Å². The van der Waals surface area contributed by atoms with Crippen molar-refractivity contribution in [3.63, 3.8) is 0 Å². The largest absolute Gasteiger partial charge is 0.340 e. The number of amides is 2. The van der Waals surface area contributed by atoms with Crippen molar-refractivity contribution in [2.24, 2.45) is 5.92 Å². The van der Waals surface area contributed by atoms with Gasteiger partial charge in [-0.05, 0) is 42.5 Å². The van der Waals surface area contributed by atoms with Crippen molar-refractivity contribution >= 4 is 39.3 Å². The van der Waals surface area contributed by atoms with Gasteiger partial charge in [0, 0.05) is 43.2 Å². The number of fused-ring (bicyclic) bond motifs is 1. The van der Waals surface area contributed by atoms with E-state index in [0.717, 1.165) is 23.3 Å². The van der Waals surface area contributed by atoms with E-state index in [2.05, 4.69) is 6.92 Å². The predicted octanol–water partition coefficient (Wildman–Crippen LogP) is 3.98. The van der Waals surface area contributed by atoms with Gasteiger partial charge in [0.25, 0.3) is 0 Å². The average Bonchev–Trinajstić information content (AvgIpc) is 2.94. The molecule has 2 aliphatic heterocycles. The molecule has 1 fully saturated rings. The molecule has 9 heteroatoms. The van der Waals surface area contributed by atoms with Gasteiger partial charge in [0.05, 0.1) is 10.6 Å². The molecule has 0 N–H and O–H groups in total. The lowest BCUT2D eigenvalue weighted by atomic mass is 10.0. The van der Waals surface area contributed by atoms with E-state index in [1.165, 1.54) is 21.0 Å². The molecule has 0 spiro atoms. The quantitative estimate of drug-likeness (QED) is 0.582. The first-order chi connectivity index (χ1) is 16.6. The Morgan fingerprint density at radius 3 is 2.46 bits per heavy atom. The van der Waals surface area contributed by atoms with Crippen LogP contribution in [0.2, 0.25) is 0 Å². The number of benzene rings is 2. The molecule has 2 heterocycles. The summed E-state index contributed by atoms with van der Waals surface area (Å²) in [4.78, 5) is 30.4. The van der Waals surface area contributed by atoms with Crippen LogP contribution in [0.1, 0.15) is 38.7 Å². The second-order valence-corrected chi connectivity index (χ2v) is 13.0. The number of nitrogens with zero attached hydrogens (tertiary/aromatic N) is 3. The lowest BCUT2D eigenvalue weighted by Gasteiger charge is -2.30. The van der Waals surface area contributed by atoms with E-state index in [1.807, 2.05) is 37.3 Å². The molecule has 0 aliphatic carbocycles. The van der Waals surface area contributed by atoms with Gasteiger partial charge in [0.1, 0.15) is 6.54 Å². The number of thioether (sulfide) groups is 1. The predicted molar refractivity (Wildman–Crippen MR) is 139 cm³/mol. The summed E-state index contributed by atoms with van der Waals surface area (Å²) in [5.41, 5.74) is 1.50. The zero-order valence-corrected chi connectivity index (χ0v) is 22.1. The maximum absolute atomic E-state index is 13.4. The lowest BCUT2D eigenvalue weighted by Crippen LogP contribution is -2.42. The van der Waals surface area contributed by atoms with Crippen LogP contribution in [-0.4, -0.2) is 61.4 Å². The Kier molecular flexibility index (Phi) is 7.88. The molecule has 0 radical (unpaired) electrons. The van der Waals surface area contributed by atoms with Gasteiger partial charge in [0.2, 0.25) is 21.8 Å². The van der Waals surface area contributed by atoms with E-state index in [-0.39, 0.29) is 34.9 Å². The summed E-state index contributed by atoms with van der Waals surface area (Å²) < 4.78 is 28.3. The van der Waals surface area contributed by atoms with Gasteiger partial charge >= 0.3 is 0 Å². The summed E-state index contributed by atoms with van der Waals surface area (Å²) in [6.45, 7) is 5.41. The minimum absolute atomic E-state index is 0.0226. The van der Waals surface area contributed by atoms with Crippen LogP contribution in [0.15, 0.2) is 58.3 Å². The Bertz CT molecular complexity index is 1180. The first kappa shape index (κ1) is 25.7. The molecule has 7 nitrogen and oxygen atoms in total. The molecular formula is C26H33N3O4S2. The van der Waals surface area contributed by atoms with Crippen LogP contribution in [0.3, 0.4) is 0 Å². The molecule has 1 atom stereocenters. The highest BCUT2D eigenvalue weighted by Crippen LogP contribution is 2.40. The van der Waals surface area contributed by atoms with E-state index in [0.29, 0.717) is 31.2 Å². The number of rotatable bonds is 6. The number of anilines is 1. The fourth-order valence-electron chi connectivity index (χ4n) is 4.47. The Hall–Kier alpha value is -2.36. The third-order valence-electron chi connectivity index (χ3n) is 6.67. The number of hydrogen-bond donors (Lipinski definition) is 0. The highest BCUT2D eigenvalue weighted by atomic mass is 32.2. The standard InChI is InChI=1S/C26H33N3O4S2/c1-19-11-13-28(14-12-19)35(32,33)22-9-10-24-23(16-22)29(25(30)15-20(2)34-24)18-26(31)27(3)17-21-7-5-4-6-8-21/h4-10,16,19-20H,11-15,17-18H2,1-3H3/t20-/m0/s1. The molecule has 0 unspecified atom stereocenters. The summed E-state index contributed by atoms with van der Waals surface area (Å²) in [5.74, 6) is 0.135. The molecule has 188 valence electrons. The second-order valence-electron chi connectivity index (χ2n) is 9.56. The van der Waals surface area contributed by atoms with Crippen molar-refractivity contribution in [1.82, 2.24) is 9.21 Å². The van der Waals surface area contributed by atoms with Crippen LogP contribution in [0.25, 0.3) is 0 Å². The number of sulfonamides is 1. The van der Waals surface area contributed by atoms with E-state index in [9.17, 15) is 18.0 Å². The minimum Gasteiger partial charge on any atom is -0.340 e. The smallest absolute Gasteiger partial charge is 0.243 e. The molecule has 4 rings (SSSR count). The summed E-state index contributed by atoms with van der Waals surface area (Å²) in [7, 11) is -1.96. The number of likely N-dealkylation sites (N-methyl/N-ethyl adjacent to an activating group) is 1. The van der Waals surface area contributed by atoms with Gasteiger partial charge in [-0.2, -0.15) is 4.31 Å². The zero-order valence-electron chi connectivity index (χ0n) is 20.5. The Morgan fingerprint density at radius 2 is 1.77 bits per heavy atom. The minimum atomic E-state index is -3.68. The molecule has 0 aromatic heterocycles. The lowest BCUT2D eigenvalue weighted by molar-refractivity contribution is -0.130. The van der Waals surface area contributed by atoms with E-state index in [1.54, 1.807) is 30.1 Å². The molecule has 1 saturated heterocycles. The van der Waals surface area contributed by atoms with Crippen LogP contribution >= 0.6 is 11.8 Å². The molecule has 0 saturated carbocycles. The van der Waals surface area contributed by atoms with E-state index < -0.39 is 10.0 Å². The first-order valence-electron chi connectivity index (χ1n) is 12.0. The van der Waals surface area contributed by atoms with E-state index >= 15 is 0 Å². The monoisotopic (exact) mass is 515 g/mol. The molecular weight excluding hydrogens is 482 g/mol. The van der Waals surface area contributed by atoms with Crippen LogP contribution < -0.4 is 4.90 Å². The summed E-state index contributed by atoms with van der Waals surface area (Å²) in [6, 6.07) is 14.7. The topological polar surface area (TPSA) is 78.0 Å². The molecule has 2 aliphatic rings. The number of carbonyl (C=O) groups is 2. The van der Waals surface area contributed by atoms with Gasteiger partial charge in [-0.3, -0.25) is 9.59 Å². The molecule has 2 aromatic carbocycles. The number of hydrogen-bond acceptors (Lipinski definition) is 5. The van der Waals surface area contributed by atoms with Crippen molar-refractivity contribution < 1.29 is 18.0 Å². The molecule has 2 amide bonds. The average molecular weight is 516 g/mol. The molecule has 2 aromatic rings. The van der Waals surface area contributed by atoms with Crippen LogP contribution in [0.4, 0.5) is 5.69 Å². The van der Waals surface area contributed by atoms with Gasteiger partial charge < -0.3 is 9.80 Å². The maximum atomic E-state index is 13.4. The Balaban J connectivity index is 1.61. The summed E-state index contributed by atoms with van der Waals surface area (Å²) >= 11 is 1.54. The molecule has 0 bridgehead atoms. The maximum Gasteiger partial charge on any atom is 0.243 e. The number of carbonyl (C=O) groups excluding carboxylic acids is 2. The van der Waals surface area contributed by atoms with E-state index in [4.69, 9.17) is 0 Å². The highest BCUT2D eigenvalue weighted by Gasteiger charge is 2.33. The van der Waals surface area contributed by atoms with Gasteiger partial charge in [-0.15, -0.1) is 11.8 Å². The van der Waals surface area contributed by atoms with Crippen LogP contribution in [0, 0.1) is 5.92 Å². The van der Waals surface area contributed by atoms with Crippen LogP contribution in [0.5, 0.6) is 0 Å². The van der Waals surface area contributed by atoms with Gasteiger partial charge in [-0.25, -0.2) is 8.42 Å². The van der Waals surface area contributed by atoms with Crippen molar-refractivity contribution in [3.8, 4) is 0 Å². The van der Waals surface area contributed by atoms with Crippen molar-refractivity contribution in [2.45, 2.75) is 54.7 Å². The van der Waals surface area contributed by atoms with Crippen LogP contribution in [-0.2, 0) is 26.2 Å². The zero-order chi connectivity index (χ0) is 25.2. The second kappa shape index (κ2) is 10.7. The van der Waals surface area contributed by atoms with Crippen molar-refractivity contribution in [2.75, 3.05) is 31.6 Å². The third kappa shape index (κ3) is 5.90. The Morgan fingerprint density at radius 1 is 1.09 bits per heavy atom. The van der Waals surface area contributed by atoms with Gasteiger partial charge in [-0.1, -0.05) is 44.2 Å². The fraction of sp³-hybridized carbons (Fsp3) is 0.462.